The number of esters is 1. The maximum atomic E-state index is 12.6. The maximum Gasteiger partial charge on any atom is 0.408 e. The summed E-state index contributed by atoms with van der Waals surface area (Å²) in [6, 6.07) is 16.3. The topological polar surface area (TPSA) is 140 Å². The number of amides is 3. The molecule has 2 rings (SSSR count). The lowest BCUT2D eigenvalue weighted by Gasteiger charge is -2.19. The molecule has 0 aliphatic carbocycles. The fraction of sp³-hybridized carbons (Fsp3) is 0.393. The summed E-state index contributed by atoms with van der Waals surface area (Å²) >= 11 is 0. The Morgan fingerprint density at radius 2 is 1.39 bits per heavy atom. The molecule has 0 fully saturated rings. The second-order valence-electron chi connectivity index (χ2n) is 9.20. The van der Waals surface area contributed by atoms with Gasteiger partial charge in [0.25, 0.3) is 0 Å². The summed E-state index contributed by atoms with van der Waals surface area (Å²) in [6.07, 6.45) is -0.252. The molecule has 0 aliphatic rings. The first-order chi connectivity index (χ1) is 18.1. The molecule has 38 heavy (non-hydrogen) atoms. The third kappa shape index (κ3) is 11.7. The van der Waals surface area contributed by atoms with Crippen molar-refractivity contribution in [1.82, 2.24) is 16.0 Å². The zero-order valence-electron chi connectivity index (χ0n) is 21.9. The van der Waals surface area contributed by atoms with E-state index in [0.29, 0.717) is 0 Å². The number of carbonyl (C=O) groups excluding carboxylic acids is 5. The molecule has 0 saturated heterocycles. The van der Waals surface area contributed by atoms with Crippen molar-refractivity contribution in [3.8, 4) is 0 Å². The van der Waals surface area contributed by atoms with Crippen molar-refractivity contribution in [2.75, 3.05) is 13.2 Å². The van der Waals surface area contributed by atoms with Crippen molar-refractivity contribution < 1.29 is 33.4 Å². The van der Waals surface area contributed by atoms with Gasteiger partial charge < -0.3 is 25.4 Å². The van der Waals surface area contributed by atoms with E-state index in [9.17, 15) is 24.0 Å². The van der Waals surface area contributed by atoms with E-state index in [1.807, 2.05) is 62.4 Å². The van der Waals surface area contributed by atoms with Crippen LogP contribution in [0.25, 0.3) is 0 Å². The van der Waals surface area contributed by atoms with E-state index < -0.39 is 49.0 Å². The number of hydrogen-bond donors (Lipinski definition) is 3. The Bertz CT molecular complexity index is 1070. The predicted octanol–water partition coefficient (Wildman–Crippen LogP) is 2.30. The largest absolute Gasteiger partial charge is 0.456 e. The molecule has 0 radical (unpaired) electrons. The second kappa shape index (κ2) is 15.8. The van der Waals surface area contributed by atoms with Gasteiger partial charge in [-0.05, 0) is 23.5 Å². The number of ketones is 1. The number of ether oxygens (including phenoxy) is 2. The Morgan fingerprint density at radius 3 is 1.97 bits per heavy atom. The Kier molecular flexibility index (Phi) is 12.5. The van der Waals surface area contributed by atoms with Crippen LogP contribution >= 0.6 is 0 Å². The number of rotatable bonds is 14. The van der Waals surface area contributed by atoms with Gasteiger partial charge >= 0.3 is 12.1 Å². The summed E-state index contributed by atoms with van der Waals surface area (Å²) in [5.74, 6) is -2.21. The van der Waals surface area contributed by atoms with Gasteiger partial charge in [0.05, 0.1) is 6.54 Å². The van der Waals surface area contributed by atoms with Gasteiger partial charge in [0.1, 0.15) is 18.7 Å². The van der Waals surface area contributed by atoms with Crippen LogP contribution in [0.2, 0.25) is 0 Å². The Balaban J connectivity index is 1.83. The zero-order chi connectivity index (χ0) is 27.9. The molecule has 2 aromatic rings. The summed E-state index contributed by atoms with van der Waals surface area (Å²) in [5.41, 5.74) is 1.63. The van der Waals surface area contributed by atoms with E-state index in [0.717, 1.165) is 11.1 Å². The summed E-state index contributed by atoms with van der Waals surface area (Å²) in [4.78, 5) is 61.2. The summed E-state index contributed by atoms with van der Waals surface area (Å²) in [6.45, 7) is 4.11. The smallest absolute Gasteiger partial charge is 0.408 e. The molecule has 0 bridgehead atoms. The fourth-order valence-corrected chi connectivity index (χ4v) is 3.51. The number of hydrogen-bond acceptors (Lipinski definition) is 7. The van der Waals surface area contributed by atoms with Gasteiger partial charge in [-0.1, -0.05) is 74.5 Å². The van der Waals surface area contributed by atoms with Gasteiger partial charge in [-0.3, -0.25) is 14.4 Å². The third-order valence-electron chi connectivity index (χ3n) is 5.31. The average Bonchev–Trinajstić information content (AvgIpc) is 2.89. The van der Waals surface area contributed by atoms with E-state index >= 15 is 0 Å². The van der Waals surface area contributed by atoms with E-state index in [-0.39, 0.29) is 31.3 Å². The van der Waals surface area contributed by atoms with E-state index in [4.69, 9.17) is 9.47 Å². The van der Waals surface area contributed by atoms with Crippen molar-refractivity contribution in [2.24, 2.45) is 5.92 Å². The molecule has 0 saturated carbocycles. The van der Waals surface area contributed by atoms with Gasteiger partial charge in [0.15, 0.2) is 12.4 Å². The highest BCUT2D eigenvalue weighted by molar-refractivity contribution is 5.92. The van der Waals surface area contributed by atoms with Crippen LogP contribution < -0.4 is 16.0 Å². The van der Waals surface area contributed by atoms with Crippen LogP contribution in [0.3, 0.4) is 0 Å². The standard InChI is InChI=1S/C28H35N3O7/c1-19(2)14-25(31-28(36)38-17-22-12-8-5-9-13-22)27(35)37-18-23(33)16-29-26(34)24(30-20(3)32)15-21-10-6-4-7-11-21/h4-13,19,24-25H,14-18H2,1-3H3,(H,29,34)(H,30,32)(H,31,36)/t24-,25+/m0/s1. The van der Waals surface area contributed by atoms with E-state index in [2.05, 4.69) is 16.0 Å². The number of benzene rings is 2. The van der Waals surface area contributed by atoms with E-state index in [1.165, 1.54) is 6.92 Å². The van der Waals surface area contributed by atoms with Gasteiger partial charge in [0, 0.05) is 13.3 Å². The van der Waals surface area contributed by atoms with Crippen molar-refractivity contribution in [3.05, 3.63) is 71.8 Å². The first-order valence-corrected chi connectivity index (χ1v) is 12.4. The lowest BCUT2D eigenvalue weighted by molar-refractivity contribution is -0.150. The average molecular weight is 526 g/mol. The van der Waals surface area contributed by atoms with Crippen LogP contribution in [0.5, 0.6) is 0 Å². The van der Waals surface area contributed by atoms with Crippen LogP contribution in [-0.4, -0.2) is 54.9 Å². The fourth-order valence-electron chi connectivity index (χ4n) is 3.51. The first-order valence-electron chi connectivity index (χ1n) is 12.4. The highest BCUT2D eigenvalue weighted by atomic mass is 16.6. The highest BCUT2D eigenvalue weighted by Crippen LogP contribution is 2.08. The molecule has 0 aromatic heterocycles. The minimum absolute atomic E-state index is 0.0397. The highest BCUT2D eigenvalue weighted by Gasteiger charge is 2.25. The summed E-state index contributed by atoms with van der Waals surface area (Å²) in [5, 5.41) is 7.54. The number of Topliss-reactive ketones (excluding diaryl/α,β-unsaturated/α-hetero) is 1. The van der Waals surface area contributed by atoms with Gasteiger partial charge in [-0.2, -0.15) is 0 Å². The van der Waals surface area contributed by atoms with Crippen LogP contribution in [0.4, 0.5) is 4.79 Å². The normalized spacial score (nSPS) is 12.1. The molecular formula is C28H35N3O7. The molecule has 2 atom stereocenters. The molecule has 0 unspecified atom stereocenters. The quantitative estimate of drug-likeness (QED) is 0.322. The summed E-state index contributed by atoms with van der Waals surface area (Å²) in [7, 11) is 0. The minimum atomic E-state index is -1.00. The van der Waals surface area contributed by atoms with Crippen molar-refractivity contribution in [3.63, 3.8) is 0 Å². The molecule has 0 aliphatic heterocycles. The minimum Gasteiger partial charge on any atom is -0.456 e. The lowest BCUT2D eigenvalue weighted by Crippen LogP contribution is -2.49. The Hall–Kier alpha value is -4.21. The van der Waals surface area contributed by atoms with Crippen LogP contribution in [0.15, 0.2) is 60.7 Å². The molecule has 3 N–H and O–H groups in total. The number of nitrogens with one attached hydrogen (secondary N) is 3. The lowest BCUT2D eigenvalue weighted by atomic mass is 10.0. The van der Waals surface area contributed by atoms with Crippen molar-refractivity contribution >= 4 is 29.7 Å². The molecule has 0 heterocycles. The number of carbonyl (C=O) groups is 5. The summed E-state index contributed by atoms with van der Waals surface area (Å²) < 4.78 is 10.3. The molecule has 0 spiro atoms. The second-order valence-corrected chi connectivity index (χ2v) is 9.20. The van der Waals surface area contributed by atoms with Crippen LogP contribution in [0.1, 0.15) is 38.3 Å². The van der Waals surface area contributed by atoms with Crippen LogP contribution in [0, 0.1) is 5.92 Å². The predicted molar refractivity (Wildman–Crippen MR) is 140 cm³/mol. The maximum absolute atomic E-state index is 12.6. The zero-order valence-corrected chi connectivity index (χ0v) is 21.9. The molecule has 10 nitrogen and oxygen atoms in total. The Morgan fingerprint density at radius 1 is 0.789 bits per heavy atom. The SMILES string of the molecule is CC(=O)N[C@@H](Cc1ccccc1)C(=O)NCC(=O)COC(=O)[C@@H](CC(C)C)NC(=O)OCc1ccccc1. The molecular weight excluding hydrogens is 490 g/mol. The molecule has 3 amide bonds. The monoisotopic (exact) mass is 525 g/mol. The number of alkyl carbamates (subject to hydrolysis) is 1. The van der Waals surface area contributed by atoms with E-state index in [1.54, 1.807) is 12.1 Å². The van der Waals surface area contributed by atoms with Crippen molar-refractivity contribution in [2.45, 2.75) is 52.3 Å². The van der Waals surface area contributed by atoms with Crippen molar-refractivity contribution in [1.29, 1.82) is 0 Å². The molecule has 204 valence electrons. The van der Waals surface area contributed by atoms with Gasteiger partial charge in [-0.15, -0.1) is 0 Å². The Labute approximate surface area is 222 Å². The van der Waals surface area contributed by atoms with Crippen LogP contribution in [-0.2, 0) is 41.7 Å². The van der Waals surface area contributed by atoms with Gasteiger partial charge in [0.2, 0.25) is 11.8 Å². The molecule has 10 heteroatoms. The third-order valence-corrected chi connectivity index (χ3v) is 5.31. The van der Waals surface area contributed by atoms with Gasteiger partial charge in [-0.25, -0.2) is 9.59 Å². The molecule has 2 aromatic carbocycles. The first kappa shape index (κ1) is 30.0.